The molecule has 0 aliphatic carbocycles. The average Bonchev–Trinajstić information content (AvgIpc) is 2.82. The van der Waals surface area contributed by atoms with Crippen LogP contribution >= 0.6 is 11.6 Å². The molecule has 0 spiro atoms. The van der Waals surface area contributed by atoms with Crippen LogP contribution < -0.4 is 4.90 Å². The quantitative estimate of drug-likeness (QED) is 0.585. The normalized spacial score (nSPS) is 16.9. The third kappa shape index (κ3) is 3.30. The van der Waals surface area contributed by atoms with Gasteiger partial charge in [0.15, 0.2) is 0 Å². The van der Waals surface area contributed by atoms with Crippen molar-refractivity contribution in [1.29, 1.82) is 0 Å². The van der Waals surface area contributed by atoms with Crippen LogP contribution in [0.2, 0.25) is 5.15 Å². The molecule has 0 saturated heterocycles. The summed E-state index contributed by atoms with van der Waals surface area (Å²) in [6.07, 6.45) is 3.70. The van der Waals surface area contributed by atoms with Crippen molar-refractivity contribution in [3.63, 3.8) is 0 Å². The van der Waals surface area contributed by atoms with Crippen LogP contribution in [0.25, 0.3) is 0 Å². The molecule has 116 valence electrons. The van der Waals surface area contributed by atoms with Crippen molar-refractivity contribution in [2.45, 2.75) is 13.1 Å². The lowest BCUT2D eigenvalue weighted by atomic mass is 10.2. The summed E-state index contributed by atoms with van der Waals surface area (Å²) < 4.78 is 13.1. The Morgan fingerprint density at radius 1 is 1.17 bits per heavy atom. The number of pyridine rings is 1. The maximum Gasteiger partial charge on any atom is 0.130 e. The van der Waals surface area contributed by atoms with Gasteiger partial charge in [0.05, 0.1) is 0 Å². The zero-order valence-electron chi connectivity index (χ0n) is 12.8. The van der Waals surface area contributed by atoms with Gasteiger partial charge < -0.3 is 9.80 Å². The van der Waals surface area contributed by atoms with E-state index >= 15 is 0 Å². The van der Waals surface area contributed by atoms with Crippen LogP contribution in [0.3, 0.4) is 0 Å². The number of nitrogens with zero attached hydrogens (tertiary/aromatic N) is 3. The summed E-state index contributed by atoms with van der Waals surface area (Å²) in [7, 11) is 1.98. The number of rotatable bonds is 1. The minimum absolute atomic E-state index is 0.103. The minimum atomic E-state index is -0.243. The van der Waals surface area contributed by atoms with E-state index < -0.39 is 0 Å². The first-order valence-electron chi connectivity index (χ1n) is 7.17. The van der Waals surface area contributed by atoms with Gasteiger partial charge in [-0.3, -0.25) is 0 Å². The highest BCUT2D eigenvalue weighted by Crippen LogP contribution is 2.27. The highest BCUT2D eigenvalue weighted by atomic mass is 35.5. The van der Waals surface area contributed by atoms with Crippen LogP contribution in [0.5, 0.6) is 0 Å². The lowest BCUT2D eigenvalue weighted by Gasteiger charge is -2.27. The van der Waals surface area contributed by atoms with Crippen LogP contribution in [0, 0.1) is 17.7 Å². The van der Waals surface area contributed by atoms with E-state index in [1.165, 1.54) is 12.1 Å². The van der Waals surface area contributed by atoms with Gasteiger partial charge in [-0.1, -0.05) is 17.5 Å². The molecule has 3 nitrogen and oxygen atoms in total. The fourth-order valence-electron chi connectivity index (χ4n) is 2.36. The number of hydrogen-bond donors (Lipinski definition) is 0. The highest BCUT2D eigenvalue weighted by molar-refractivity contribution is 6.29. The van der Waals surface area contributed by atoms with E-state index in [2.05, 4.69) is 33.5 Å². The van der Waals surface area contributed by atoms with E-state index in [-0.39, 0.29) is 12.0 Å². The largest absolute Gasteiger partial charge is 0.346 e. The smallest absolute Gasteiger partial charge is 0.130 e. The monoisotopic (exact) mass is 327 g/mol. The van der Waals surface area contributed by atoms with Crippen molar-refractivity contribution >= 4 is 17.3 Å². The summed E-state index contributed by atoms with van der Waals surface area (Å²) in [6, 6.07) is 9.97. The SMILES string of the molecule is CC1N(C)C(C#Cc2ccnc(Cl)c2)=CN1c1ccc(F)cc1. The molecule has 0 fully saturated rings. The molecule has 3 rings (SSSR count). The molecule has 1 aliphatic rings. The van der Waals surface area contributed by atoms with Gasteiger partial charge in [0.25, 0.3) is 0 Å². The summed E-state index contributed by atoms with van der Waals surface area (Å²) in [5.74, 6) is 6.00. The molecular weight excluding hydrogens is 313 g/mol. The summed E-state index contributed by atoms with van der Waals surface area (Å²) in [6.45, 7) is 2.07. The molecular formula is C18H15ClFN3. The van der Waals surface area contributed by atoms with Crippen molar-refractivity contribution in [1.82, 2.24) is 9.88 Å². The molecule has 1 aliphatic heterocycles. The highest BCUT2D eigenvalue weighted by Gasteiger charge is 2.25. The first kappa shape index (κ1) is 15.4. The molecule has 2 heterocycles. The van der Waals surface area contributed by atoms with Gasteiger partial charge in [-0.15, -0.1) is 0 Å². The van der Waals surface area contributed by atoms with Crippen LogP contribution in [0.1, 0.15) is 12.5 Å². The van der Waals surface area contributed by atoms with Gasteiger partial charge in [0.1, 0.15) is 22.8 Å². The fraction of sp³-hybridized carbons (Fsp3) is 0.167. The summed E-state index contributed by atoms with van der Waals surface area (Å²) >= 11 is 5.87. The maximum absolute atomic E-state index is 13.1. The van der Waals surface area contributed by atoms with Gasteiger partial charge in [0.2, 0.25) is 0 Å². The second-order valence-electron chi connectivity index (χ2n) is 5.26. The molecule has 1 aromatic carbocycles. The predicted octanol–water partition coefficient (Wildman–Crippen LogP) is 3.87. The number of aromatic nitrogens is 1. The molecule has 23 heavy (non-hydrogen) atoms. The van der Waals surface area contributed by atoms with Crippen LogP contribution in [0.4, 0.5) is 10.1 Å². The molecule has 0 N–H and O–H groups in total. The molecule has 5 heteroatoms. The van der Waals surface area contributed by atoms with Gasteiger partial charge >= 0.3 is 0 Å². The number of benzene rings is 1. The predicted molar refractivity (Wildman–Crippen MR) is 90.3 cm³/mol. The topological polar surface area (TPSA) is 19.4 Å². The third-order valence-electron chi connectivity index (χ3n) is 3.79. The molecule has 1 atom stereocenters. The van der Waals surface area contributed by atoms with Crippen molar-refractivity contribution in [2.24, 2.45) is 0 Å². The Morgan fingerprint density at radius 2 is 1.91 bits per heavy atom. The van der Waals surface area contributed by atoms with Gasteiger partial charge in [0, 0.05) is 30.7 Å². The molecule has 0 amide bonds. The molecule has 0 saturated carbocycles. The van der Waals surface area contributed by atoms with E-state index in [9.17, 15) is 4.39 Å². The minimum Gasteiger partial charge on any atom is -0.346 e. The fourth-order valence-corrected chi connectivity index (χ4v) is 2.53. The van der Waals surface area contributed by atoms with E-state index in [0.29, 0.717) is 5.15 Å². The second kappa shape index (κ2) is 6.31. The van der Waals surface area contributed by atoms with Crippen molar-refractivity contribution in [2.75, 3.05) is 11.9 Å². The summed E-state index contributed by atoms with van der Waals surface area (Å²) in [5, 5.41) is 0.423. The van der Waals surface area contributed by atoms with E-state index in [4.69, 9.17) is 11.6 Å². The Labute approximate surface area is 140 Å². The molecule has 0 radical (unpaired) electrons. The van der Waals surface area contributed by atoms with E-state index in [0.717, 1.165) is 16.9 Å². The first-order valence-corrected chi connectivity index (χ1v) is 7.54. The van der Waals surface area contributed by atoms with Crippen molar-refractivity contribution < 1.29 is 4.39 Å². The number of hydrogen-bond acceptors (Lipinski definition) is 3. The molecule has 1 aromatic heterocycles. The second-order valence-corrected chi connectivity index (χ2v) is 5.65. The van der Waals surface area contributed by atoms with Crippen LogP contribution in [0.15, 0.2) is 54.5 Å². The van der Waals surface area contributed by atoms with Gasteiger partial charge in [-0.05, 0) is 49.2 Å². The number of anilines is 1. The Hall–Kier alpha value is -2.51. The lowest BCUT2D eigenvalue weighted by molar-refractivity contribution is 0.368. The first-order chi connectivity index (χ1) is 11.0. The van der Waals surface area contributed by atoms with Crippen LogP contribution in [-0.2, 0) is 0 Å². The van der Waals surface area contributed by atoms with Crippen LogP contribution in [-0.4, -0.2) is 23.1 Å². The van der Waals surface area contributed by atoms with Crippen molar-refractivity contribution in [3.05, 3.63) is 71.0 Å². The van der Waals surface area contributed by atoms with E-state index in [1.54, 1.807) is 24.4 Å². The van der Waals surface area contributed by atoms with Gasteiger partial charge in [-0.25, -0.2) is 9.37 Å². The zero-order chi connectivity index (χ0) is 16.4. The molecule has 0 bridgehead atoms. The molecule has 2 aromatic rings. The Kier molecular flexibility index (Phi) is 4.22. The Balaban J connectivity index is 1.88. The average molecular weight is 328 g/mol. The zero-order valence-corrected chi connectivity index (χ0v) is 13.5. The lowest BCUT2D eigenvalue weighted by Crippen LogP contribution is -2.34. The summed E-state index contributed by atoms with van der Waals surface area (Å²) in [5.41, 5.74) is 2.62. The van der Waals surface area contributed by atoms with Gasteiger partial charge in [-0.2, -0.15) is 0 Å². The number of allylic oxidation sites excluding steroid dienone is 1. The molecule has 1 unspecified atom stereocenters. The Bertz CT molecular complexity index is 805. The standard InChI is InChI=1S/C18H15ClFN3/c1-13-22(2)17(6-3-14-9-10-21-18(19)11-14)12-23(13)16-7-4-15(20)5-8-16/h4-5,7-13H,1-2H3. The number of halogens is 2. The van der Waals surface area contributed by atoms with E-state index in [1.807, 2.05) is 19.3 Å². The van der Waals surface area contributed by atoms with Crippen molar-refractivity contribution in [3.8, 4) is 11.8 Å². The maximum atomic E-state index is 13.1. The summed E-state index contributed by atoms with van der Waals surface area (Å²) in [4.78, 5) is 8.07. The Morgan fingerprint density at radius 3 is 2.61 bits per heavy atom. The third-order valence-corrected chi connectivity index (χ3v) is 4.00.